The van der Waals surface area contributed by atoms with Crippen LogP contribution in [0, 0.1) is 6.92 Å². The lowest BCUT2D eigenvalue weighted by molar-refractivity contribution is 1.49. The highest BCUT2D eigenvalue weighted by Gasteiger charge is 2.28. The predicted molar refractivity (Wildman–Crippen MR) is 59.1 cm³/mol. The van der Waals surface area contributed by atoms with Crippen molar-refractivity contribution in [1.29, 1.82) is 0 Å². The first-order valence-electron chi connectivity index (χ1n) is 3.24. The van der Waals surface area contributed by atoms with Crippen LogP contribution in [0.5, 0.6) is 0 Å². The van der Waals surface area contributed by atoms with E-state index in [9.17, 15) is 0 Å². The molecule has 5 heteroatoms. The average molecular weight is 260 g/mol. The molecule has 0 heterocycles. The van der Waals surface area contributed by atoms with E-state index in [0.29, 0.717) is 5.02 Å². The third-order valence-corrected chi connectivity index (χ3v) is 4.84. The van der Waals surface area contributed by atoms with Crippen molar-refractivity contribution in [3.63, 3.8) is 0 Å². The van der Waals surface area contributed by atoms with Crippen molar-refractivity contribution in [2.75, 3.05) is 0 Å². The maximum atomic E-state index is 5.87. The van der Waals surface area contributed by atoms with Crippen molar-refractivity contribution >= 4 is 56.0 Å². The van der Waals surface area contributed by atoms with E-state index in [2.05, 4.69) is 0 Å². The van der Waals surface area contributed by atoms with Gasteiger partial charge in [-0.1, -0.05) is 23.7 Å². The van der Waals surface area contributed by atoms with Crippen molar-refractivity contribution in [3.05, 3.63) is 28.8 Å². The lowest BCUT2D eigenvalue weighted by Gasteiger charge is -2.08. The molecule has 0 bridgehead atoms. The molecule has 0 unspecified atom stereocenters. The van der Waals surface area contributed by atoms with Gasteiger partial charge in [-0.15, -0.1) is 33.2 Å². The molecule has 0 saturated carbocycles. The summed E-state index contributed by atoms with van der Waals surface area (Å²) in [4.78, 5) is 0. The first-order valence-corrected chi connectivity index (χ1v) is 8.66. The molecule has 0 aliphatic rings. The van der Waals surface area contributed by atoms with Gasteiger partial charge in [-0.2, -0.15) is 0 Å². The highest BCUT2D eigenvalue weighted by molar-refractivity contribution is 7.69. The molecule has 66 valence electrons. The maximum absolute atomic E-state index is 5.87. The molecule has 0 nitrogen and oxygen atoms in total. The third-order valence-electron chi connectivity index (χ3n) is 1.50. The quantitative estimate of drug-likeness (QED) is 0.535. The zero-order valence-corrected chi connectivity index (χ0v) is 10.3. The Balaban J connectivity index is 3.14. The molecule has 0 amide bonds. The van der Waals surface area contributed by atoms with Gasteiger partial charge in [0, 0.05) is 5.02 Å². The highest BCUT2D eigenvalue weighted by atomic mass is 35.8. The molecule has 0 aliphatic heterocycles. The van der Waals surface area contributed by atoms with Crippen molar-refractivity contribution in [2.24, 2.45) is 0 Å². The Morgan fingerprint density at radius 3 is 2.17 bits per heavy atom. The summed E-state index contributed by atoms with van der Waals surface area (Å²) in [6.45, 7) is 1.91. The van der Waals surface area contributed by atoms with Gasteiger partial charge in [-0.05, 0) is 23.7 Å². The summed E-state index contributed by atoms with van der Waals surface area (Å²) in [5.74, 6) is 0. The van der Waals surface area contributed by atoms with E-state index in [4.69, 9.17) is 44.8 Å². The van der Waals surface area contributed by atoms with Gasteiger partial charge in [0.2, 0.25) is 0 Å². The Bertz CT molecular complexity index is 292. The van der Waals surface area contributed by atoms with Crippen LogP contribution in [0.1, 0.15) is 5.56 Å². The number of hydrogen-bond donors (Lipinski definition) is 0. The second-order valence-electron chi connectivity index (χ2n) is 2.46. The van der Waals surface area contributed by atoms with E-state index < -0.39 is 6.00 Å². The Labute approximate surface area is 91.5 Å². The molecular weight excluding hydrogens is 254 g/mol. The lowest BCUT2D eigenvalue weighted by Crippen LogP contribution is -2.29. The maximum Gasteiger partial charge on any atom is 0.372 e. The summed E-state index contributed by atoms with van der Waals surface area (Å²) in [6.07, 6.45) is 0. The smallest absolute Gasteiger partial charge is 0.121 e. The van der Waals surface area contributed by atoms with Crippen LogP contribution >= 0.6 is 44.8 Å². The monoisotopic (exact) mass is 258 g/mol. The molecule has 0 atom stereocenters. The standard InChI is InChI=1S/C7H6Cl4Si/c1-5-2-3-6(4-7(5)8)12(9,10)11/h2-4H,1H3. The zero-order chi connectivity index (χ0) is 9.35. The van der Waals surface area contributed by atoms with Gasteiger partial charge in [0.15, 0.2) is 0 Å². The minimum atomic E-state index is -2.76. The molecular formula is C7H6Cl4Si. The third kappa shape index (κ3) is 2.54. The summed E-state index contributed by atoms with van der Waals surface area (Å²) in [7, 11) is 0. The van der Waals surface area contributed by atoms with Crippen molar-refractivity contribution < 1.29 is 0 Å². The van der Waals surface area contributed by atoms with Gasteiger partial charge in [0.05, 0.1) is 0 Å². The number of benzene rings is 1. The zero-order valence-electron chi connectivity index (χ0n) is 6.24. The summed E-state index contributed by atoms with van der Waals surface area (Å²) in [5, 5.41) is 1.37. The van der Waals surface area contributed by atoms with E-state index in [1.807, 2.05) is 13.0 Å². The Morgan fingerprint density at radius 1 is 1.17 bits per heavy atom. The average Bonchev–Trinajstić information content (AvgIpc) is 1.92. The van der Waals surface area contributed by atoms with Crippen molar-refractivity contribution in [1.82, 2.24) is 0 Å². The molecule has 0 aliphatic carbocycles. The largest absolute Gasteiger partial charge is 0.372 e. The fourth-order valence-electron chi connectivity index (χ4n) is 0.769. The van der Waals surface area contributed by atoms with Crippen molar-refractivity contribution in [3.8, 4) is 0 Å². The molecule has 0 radical (unpaired) electrons. The topological polar surface area (TPSA) is 0 Å². The van der Waals surface area contributed by atoms with Crippen LogP contribution in [-0.4, -0.2) is 6.00 Å². The van der Waals surface area contributed by atoms with Gasteiger partial charge >= 0.3 is 6.00 Å². The van der Waals surface area contributed by atoms with Crippen molar-refractivity contribution in [2.45, 2.75) is 6.92 Å². The molecule has 0 saturated heterocycles. The van der Waals surface area contributed by atoms with Crippen LogP contribution in [0.4, 0.5) is 0 Å². The SMILES string of the molecule is Cc1ccc([Si](Cl)(Cl)Cl)cc1Cl. The van der Waals surface area contributed by atoms with Gasteiger partial charge in [-0.25, -0.2) is 0 Å². The first kappa shape index (κ1) is 10.7. The van der Waals surface area contributed by atoms with Gasteiger partial charge < -0.3 is 0 Å². The molecule has 1 rings (SSSR count). The van der Waals surface area contributed by atoms with Crippen LogP contribution < -0.4 is 5.19 Å². The normalized spacial score (nSPS) is 11.8. The second kappa shape index (κ2) is 3.77. The van der Waals surface area contributed by atoms with Gasteiger partial charge in [-0.3, -0.25) is 0 Å². The van der Waals surface area contributed by atoms with Crippen LogP contribution in [0.15, 0.2) is 18.2 Å². The Morgan fingerprint density at radius 2 is 1.75 bits per heavy atom. The summed E-state index contributed by atoms with van der Waals surface area (Å²) < 4.78 is 0. The highest BCUT2D eigenvalue weighted by Crippen LogP contribution is 2.22. The number of halogens is 4. The minimum Gasteiger partial charge on any atom is -0.121 e. The summed E-state index contributed by atoms with van der Waals surface area (Å²) in [5.41, 5.74) is 0.990. The molecule has 0 fully saturated rings. The lowest BCUT2D eigenvalue weighted by atomic mass is 10.2. The van der Waals surface area contributed by atoms with Crippen LogP contribution in [0.25, 0.3) is 0 Å². The fraction of sp³-hybridized carbons (Fsp3) is 0.143. The molecule has 12 heavy (non-hydrogen) atoms. The van der Waals surface area contributed by atoms with E-state index in [0.717, 1.165) is 10.8 Å². The van der Waals surface area contributed by atoms with E-state index >= 15 is 0 Å². The number of aryl methyl sites for hydroxylation is 1. The number of rotatable bonds is 1. The van der Waals surface area contributed by atoms with Gasteiger partial charge in [0.1, 0.15) is 0 Å². The predicted octanol–water partition coefficient (Wildman–Crippen LogP) is 3.51. The molecule has 1 aromatic carbocycles. The number of hydrogen-bond acceptors (Lipinski definition) is 0. The van der Waals surface area contributed by atoms with E-state index in [1.54, 1.807) is 12.1 Å². The summed E-state index contributed by atoms with van der Waals surface area (Å²) in [6, 6.07) is 2.62. The van der Waals surface area contributed by atoms with Gasteiger partial charge in [0.25, 0.3) is 0 Å². The second-order valence-corrected chi connectivity index (χ2v) is 11.3. The minimum absolute atomic E-state index is 0.645. The molecule has 0 aromatic heterocycles. The molecule has 1 aromatic rings. The van der Waals surface area contributed by atoms with E-state index in [1.165, 1.54) is 0 Å². The first-order chi connectivity index (χ1) is 5.41. The Kier molecular flexibility index (Phi) is 3.35. The van der Waals surface area contributed by atoms with Crippen LogP contribution in [0.3, 0.4) is 0 Å². The fourth-order valence-corrected chi connectivity index (χ4v) is 2.68. The molecule has 0 N–H and O–H groups in total. The Hall–Kier alpha value is 0.597. The van der Waals surface area contributed by atoms with E-state index in [-0.39, 0.29) is 0 Å². The summed E-state index contributed by atoms with van der Waals surface area (Å²) >= 11 is 23.2. The van der Waals surface area contributed by atoms with Crippen LogP contribution in [-0.2, 0) is 0 Å². The van der Waals surface area contributed by atoms with Crippen LogP contribution in [0.2, 0.25) is 5.02 Å². The molecule has 0 spiro atoms.